The molecule has 18 heavy (non-hydrogen) atoms. The molecule has 0 atom stereocenters. The molecule has 0 bridgehead atoms. The number of hydrogen-bond acceptors (Lipinski definition) is 3. The molecule has 4 nitrogen and oxygen atoms in total. The molecule has 5 heteroatoms. The minimum atomic E-state index is -0.422. The van der Waals surface area contributed by atoms with Crippen molar-refractivity contribution in [1.29, 1.82) is 0 Å². The first-order valence-electron chi connectivity index (χ1n) is 5.37. The van der Waals surface area contributed by atoms with E-state index in [0.717, 1.165) is 0 Å². The first-order valence-corrected chi connectivity index (χ1v) is 6.16. The van der Waals surface area contributed by atoms with Crippen LogP contribution in [0.5, 0.6) is 5.75 Å². The molecule has 94 valence electrons. The van der Waals surface area contributed by atoms with E-state index in [-0.39, 0.29) is 0 Å². The van der Waals surface area contributed by atoms with Crippen molar-refractivity contribution in [2.24, 2.45) is 0 Å². The SMILES string of the molecule is CN(Cc1ccc(Br)o1)C(=O)Oc1ccccc1. The highest BCUT2D eigenvalue weighted by Gasteiger charge is 2.13. The largest absolute Gasteiger partial charge is 0.452 e. The van der Waals surface area contributed by atoms with Crippen molar-refractivity contribution in [3.05, 3.63) is 52.9 Å². The van der Waals surface area contributed by atoms with Gasteiger partial charge in [-0.3, -0.25) is 0 Å². The molecule has 2 rings (SSSR count). The number of rotatable bonds is 3. The molecule has 0 aliphatic carbocycles. The zero-order valence-electron chi connectivity index (χ0n) is 9.80. The van der Waals surface area contributed by atoms with Crippen molar-refractivity contribution in [3.63, 3.8) is 0 Å². The fourth-order valence-corrected chi connectivity index (χ4v) is 1.74. The molecule has 2 aromatic rings. The normalized spacial score (nSPS) is 10.1. The maximum Gasteiger partial charge on any atom is 0.415 e. The molecule has 0 spiro atoms. The summed E-state index contributed by atoms with van der Waals surface area (Å²) in [6.07, 6.45) is -0.422. The van der Waals surface area contributed by atoms with Crippen LogP contribution in [0, 0.1) is 0 Å². The number of benzene rings is 1. The predicted octanol–water partition coefficient (Wildman–Crippen LogP) is 3.67. The third-order valence-electron chi connectivity index (χ3n) is 2.28. The van der Waals surface area contributed by atoms with E-state index in [0.29, 0.717) is 22.7 Å². The highest BCUT2D eigenvalue weighted by Crippen LogP contribution is 2.16. The van der Waals surface area contributed by atoms with Gasteiger partial charge in [-0.15, -0.1) is 0 Å². The molecule has 0 aliphatic heterocycles. The maximum absolute atomic E-state index is 11.8. The average Bonchev–Trinajstić information content (AvgIpc) is 2.76. The summed E-state index contributed by atoms with van der Waals surface area (Å²) in [6, 6.07) is 12.5. The third kappa shape index (κ3) is 3.37. The molecule has 0 fully saturated rings. The van der Waals surface area contributed by atoms with Crippen molar-refractivity contribution < 1.29 is 13.9 Å². The Morgan fingerprint density at radius 2 is 2.00 bits per heavy atom. The van der Waals surface area contributed by atoms with Crippen LogP contribution in [0.25, 0.3) is 0 Å². The molecular weight excluding hydrogens is 298 g/mol. The quantitative estimate of drug-likeness (QED) is 0.868. The Kier molecular flexibility index (Phi) is 4.04. The van der Waals surface area contributed by atoms with Crippen LogP contribution < -0.4 is 4.74 Å². The van der Waals surface area contributed by atoms with Gasteiger partial charge in [0.25, 0.3) is 0 Å². The number of carbonyl (C=O) groups excluding carboxylic acids is 1. The first kappa shape index (κ1) is 12.7. The molecule has 0 radical (unpaired) electrons. The molecule has 1 heterocycles. The van der Waals surface area contributed by atoms with Crippen LogP contribution in [0.1, 0.15) is 5.76 Å². The van der Waals surface area contributed by atoms with Gasteiger partial charge in [-0.25, -0.2) is 4.79 Å². The number of carbonyl (C=O) groups is 1. The number of nitrogens with zero attached hydrogens (tertiary/aromatic N) is 1. The maximum atomic E-state index is 11.8. The fraction of sp³-hybridized carbons (Fsp3) is 0.154. The van der Waals surface area contributed by atoms with E-state index in [9.17, 15) is 4.79 Å². The van der Waals surface area contributed by atoms with E-state index < -0.39 is 6.09 Å². The van der Waals surface area contributed by atoms with Crippen LogP contribution in [-0.4, -0.2) is 18.0 Å². The number of furan rings is 1. The number of para-hydroxylation sites is 1. The van der Waals surface area contributed by atoms with Crippen LogP contribution in [0.15, 0.2) is 51.6 Å². The molecule has 1 aromatic carbocycles. The van der Waals surface area contributed by atoms with Gasteiger partial charge < -0.3 is 14.1 Å². The summed E-state index contributed by atoms with van der Waals surface area (Å²) < 4.78 is 11.2. The molecule has 0 saturated carbocycles. The number of amides is 1. The summed E-state index contributed by atoms with van der Waals surface area (Å²) in [5.74, 6) is 1.21. The highest BCUT2D eigenvalue weighted by atomic mass is 79.9. The van der Waals surface area contributed by atoms with Gasteiger partial charge in [-0.2, -0.15) is 0 Å². The van der Waals surface area contributed by atoms with Gasteiger partial charge in [0.15, 0.2) is 4.67 Å². The van der Waals surface area contributed by atoms with Gasteiger partial charge in [0.1, 0.15) is 11.5 Å². The van der Waals surface area contributed by atoms with Gasteiger partial charge in [0.05, 0.1) is 6.54 Å². The minimum Gasteiger partial charge on any atom is -0.452 e. The molecule has 1 amide bonds. The summed E-state index contributed by atoms with van der Waals surface area (Å²) in [6.45, 7) is 0.358. The second kappa shape index (κ2) is 5.73. The number of halogens is 1. The molecule has 0 aliphatic rings. The molecule has 0 unspecified atom stereocenters. The second-order valence-electron chi connectivity index (χ2n) is 3.74. The predicted molar refractivity (Wildman–Crippen MR) is 70.3 cm³/mol. The van der Waals surface area contributed by atoms with E-state index in [1.54, 1.807) is 31.3 Å². The van der Waals surface area contributed by atoms with Crippen molar-refractivity contribution in [2.45, 2.75) is 6.54 Å². The van der Waals surface area contributed by atoms with Gasteiger partial charge in [0.2, 0.25) is 0 Å². The lowest BCUT2D eigenvalue weighted by molar-refractivity contribution is 0.157. The zero-order valence-corrected chi connectivity index (χ0v) is 11.4. The summed E-state index contributed by atoms with van der Waals surface area (Å²) in [5, 5.41) is 0. The standard InChI is InChI=1S/C13H12BrNO3/c1-15(9-11-7-8-12(14)17-11)13(16)18-10-5-3-2-4-6-10/h2-8H,9H2,1H3. The topological polar surface area (TPSA) is 42.7 Å². The molecule has 1 aromatic heterocycles. The monoisotopic (exact) mass is 309 g/mol. The average molecular weight is 310 g/mol. The van der Waals surface area contributed by atoms with Crippen molar-refractivity contribution in [2.75, 3.05) is 7.05 Å². The van der Waals surface area contributed by atoms with Gasteiger partial charge in [-0.05, 0) is 40.2 Å². The number of hydrogen-bond donors (Lipinski definition) is 0. The summed E-state index contributed by atoms with van der Waals surface area (Å²) in [4.78, 5) is 13.2. The molecular formula is C13H12BrNO3. The lowest BCUT2D eigenvalue weighted by Crippen LogP contribution is -2.28. The summed E-state index contributed by atoms with van der Waals surface area (Å²) in [7, 11) is 1.65. The van der Waals surface area contributed by atoms with Crippen molar-refractivity contribution in [1.82, 2.24) is 4.90 Å². The Morgan fingerprint density at radius 3 is 2.61 bits per heavy atom. The van der Waals surface area contributed by atoms with Crippen LogP contribution in [0.4, 0.5) is 4.79 Å². The summed E-state index contributed by atoms with van der Waals surface area (Å²) in [5.41, 5.74) is 0. The summed E-state index contributed by atoms with van der Waals surface area (Å²) >= 11 is 3.21. The first-order chi connectivity index (χ1) is 8.65. The minimum absolute atomic E-state index is 0.358. The Bertz CT molecular complexity index is 524. The van der Waals surface area contributed by atoms with Crippen LogP contribution in [-0.2, 0) is 6.54 Å². The van der Waals surface area contributed by atoms with Gasteiger partial charge >= 0.3 is 6.09 Å². The van der Waals surface area contributed by atoms with Gasteiger partial charge in [-0.1, -0.05) is 18.2 Å². The van der Waals surface area contributed by atoms with E-state index in [2.05, 4.69) is 15.9 Å². The van der Waals surface area contributed by atoms with Crippen LogP contribution in [0.2, 0.25) is 0 Å². The van der Waals surface area contributed by atoms with E-state index >= 15 is 0 Å². The van der Waals surface area contributed by atoms with Crippen molar-refractivity contribution in [3.8, 4) is 5.75 Å². The second-order valence-corrected chi connectivity index (χ2v) is 4.52. The van der Waals surface area contributed by atoms with Gasteiger partial charge in [0, 0.05) is 7.05 Å². The zero-order chi connectivity index (χ0) is 13.0. The molecule has 0 saturated heterocycles. The van der Waals surface area contributed by atoms with Crippen LogP contribution >= 0.6 is 15.9 Å². The molecule has 0 N–H and O–H groups in total. The van der Waals surface area contributed by atoms with Crippen molar-refractivity contribution >= 4 is 22.0 Å². The number of ether oxygens (including phenoxy) is 1. The third-order valence-corrected chi connectivity index (χ3v) is 2.71. The Hall–Kier alpha value is -1.75. The van der Waals surface area contributed by atoms with Crippen LogP contribution in [0.3, 0.4) is 0 Å². The Morgan fingerprint density at radius 1 is 1.28 bits per heavy atom. The lowest BCUT2D eigenvalue weighted by atomic mass is 10.3. The van der Waals surface area contributed by atoms with E-state index in [1.165, 1.54) is 4.90 Å². The smallest absolute Gasteiger partial charge is 0.415 e. The lowest BCUT2D eigenvalue weighted by Gasteiger charge is -2.15. The van der Waals surface area contributed by atoms with E-state index in [1.807, 2.05) is 18.2 Å². The fourth-order valence-electron chi connectivity index (χ4n) is 1.40. The Balaban J connectivity index is 1.93. The Labute approximate surface area is 113 Å². The highest BCUT2D eigenvalue weighted by molar-refractivity contribution is 9.10. The van der Waals surface area contributed by atoms with E-state index in [4.69, 9.17) is 9.15 Å².